The first-order valence-corrected chi connectivity index (χ1v) is 4.40. The summed E-state index contributed by atoms with van der Waals surface area (Å²) in [5.41, 5.74) is 0.345. The molecule has 0 bridgehead atoms. The molecule has 1 heterocycles. The van der Waals surface area contributed by atoms with Gasteiger partial charge in [0.1, 0.15) is 0 Å². The van der Waals surface area contributed by atoms with Gasteiger partial charge in [0, 0.05) is 23.5 Å². The lowest BCUT2D eigenvalue weighted by Crippen LogP contribution is -2.40. The fraction of sp³-hybridized carbons (Fsp3) is 0.625. The number of aromatic nitrogens is 2. The highest BCUT2D eigenvalue weighted by Crippen LogP contribution is 2.13. The average Bonchev–Trinajstić information content (AvgIpc) is 2.55. The Bertz CT molecular complexity index is 249. The number of nitrogens with one attached hydrogen (secondary N) is 1. The fourth-order valence-corrected chi connectivity index (χ4v) is 0.849. The fourth-order valence-electron chi connectivity index (χ4n) is 0.849. The van der Waals surface area contributed by atoms with E-state index in [0.29, 0.717) is 5.46 Å². The van der Waals surface area contributed by atoms with E-state index < -0.39 is 7.12 Å². The van der Waals surface area contributed by atoms with Crippen molar-refractivity contribution in [3.63, 3.8) is 0 Å². The van der Waals surface area contributed by atoms with Crippen molar-refractivity contribution < 1.29 is 9.68 Å². The number of hydrogen-bond acceptors (Lipinski definition) is 3. The van der Waals surface area contributed by atoms with Crippen molar-refractivity contribution in [3.8, 4) is 0 Å². The average molecular weight is 182 g/mol. The standard InChI is InChI=1S/C8H15BN2O2/c1-4-8(2,3)13-9(12)7-5-10-11-6-7/h5-6,12H,4H2,1-3H3,(H,10,11). The molecule has 2 N–H and O–H groups in total. The summed E-state index contributed by atoms with van der Waals surface area (Å²) in [6.45, 7) is 5.90. The van der Waals surface area contributed by atoms with Crippen molar-refractivity contribution in [2.24, 2.45) is 0 Å². The van der Waals surface area contributed by atoms with Gasteiger partial charge in [-0.2, -0.15) is 5.10 Å². The molecule has 0 aliphatic heterocycles. The molecule has 0 aliphatic rings. The van der Waals surface area contributed by atoms with Gasteiger partial charge in [0.2, 0.25) is 0 Å². The predicted molar refractivity (Wildman–Crippen MR) is 51.6 cm³/mol. The van der Waals surface area contributed by atoms with Crippen molar-refractivity contribution in [1.29, 1.82) is 0 Å². The highest BCUT2D eigenvalue weighted by atomic mass is 16.5. The van der Waals surface area contributed by atoms with Gasteiger partial charge in [-0.25, -0.2) is 0 Å². The topological polar surface area (TPSA) is 58.1 Å². The molecule has 0 fully saturated rings. The minimum atomic E-state index is -0.895. The van der Waals surface area contributed by atoms with Crippen LogP contribution in [-0.2, 0) is 4.65 Å². The second-order valence-electron chi connectivity index (χ2n) is 3.62. The molecule has 72 valence electrons. The van der Waals surface area contributed by atoms with Crippen LogP contribution < -0.4 is 5.46 Å². The van der Waals surface area contributed by atoms with Crippen LogP contribution in [0.25, 0.3) is 0 Å². The molecule has 0 aromatic carbocycles. The maximum atomic E-state index is 9.59. The van der Waals surface area contributed by atoms with Crippen LogP contribution in [0.4, 0.5) is 0 Å². The molecule has 1 aromatic rings. The number of rotatable bonds is 4. The second kappa shape index (κ2) is 3.94. The molecule has 13 heavy (non-hydrogen) atoms. The van der Waals surface area contributed by atoms with Crippen molar-refractivity contribution in [3.05, 3.63) is 12.4 Å². The first-order valence-electron chi connectivity index (χ1n) is 4.40. The third-order valence-corrected chi connectivity index (χ3v) is 2.09. The first-order chi connectivity index (χ1) is 6.05. The minimum absolute atomic E-state index is 0.309. The zero-order valence-electron chi connectivity index (χ0n) is 8.24. The Kier molecular flexibility index (Phi) is 3.11. The molecular weight excluding hydrogens is 167 g/mol. The van der Waals surface area contributed by atoms with Crippen LogP contribution in [0.3, 0.4) is 0 Å². The molecule has 0 atom stereocenters. The van der Waals surface area contributed by atoms with E-state index in [1.165, 1.54) is 0 Å². The van der Waals surface area contributed by atoms with E-state index in [-0.39, 0.29) is 5.60 Å². The summed E-state index contributed by atoms with van der Waals surface area (Å²) in [4.78, 5) is 0. The lowest BCUT2D eigenvalue weighted by atomic mass is 9.80. The quantitative estimate of drug-likeness (QED) is 0.658. The van der Waals surface area contributed by atoms with E-state index in [2.05, 4.69) is 10.2 Å². The van der Waals surface area contributed by atoms with Gasteiger partial charge in [0.25, 0.3) is 0 Å². The van der Waals surface area contributed by atoms with Gasteiger partial charge in [0.05, 0.1) is 0 Å². The molecule has 0 spiro atoms. The summed E-state index contributed by atoms with van der Waals surface area (Å²) in [5, 5.41) is 16.0. The van der Waals surface area contributed by atoms with Crippen LogP contribution in [0.2, 0.25) is 0 Å². The van der Waals surface area contributed by atoms with Gasteiger partial charge >= 0.3 is 7.12 Å². The Morgan fingerprint density at radius 1 is 1.69 bits per heavy atom. The molecule has 0 saturated heterocycles. The van der Waals surface area contributed by atoms with Crippen molar-refractivity contribution in [2.45, 2.75) is 32.8 Å². The lowest BCUT2D eigenvalue weighted by molar-refractivity contribution is 0.0838. The van der Waals surface area contributed by atoms with E-state index in [9.17, 15) is 5.02 Å². The van der Waals surface area contributed by atoms with E-state index in [0.717, 1.165) is 6.42 Å². The third kappa shape index (κ3) is 2.86. The predicted octanol–water partition coefficient (Wildman–Crippen LogP) is 0.302. The monoisotopic (exact) mass is 182 g/mol. The Morgan fingerprint density at radius 3 is 2.85 bits per heavy atom. The first kappa shape index (κ1) is 10.3. The molecule has 4 nitrogen and oxygen atoms in total. The third-order valence-electron chi connectivity index (χ3n) is 2.09. The number of hydrogen-bond donors (Lipinski definition) is 2. The zero-order valence-corrected chi connectivity index (χ0v) is 8.24. The highest BCUT2D eigenvalue weighted by molar-refractivity contribution is 6.59. The van der Waals surface area contributed by atoms with Gasteiger partial charge in [0.15, 0.2) is 0 Å². The molecule has 0 aliphatic carbocycles. The van der Waals surface area contributed by atoms with Crippen LogP contribution in [0, 0.1) is 0 Å². The summed E-state index contributed by atoms with van der Waals surface area (Å²) in [5.74, 6) is 0. The van der Waals surface area contributed by atoms with Gasteiger partial charge < -0.3 is 9.68 Å². The molecular formula is C8H15BN2O2. The second-order valence-corrected chi connectivity index (χ2v) is 3.62. The van der Waals surface area contributed by atoms with Crippen LogP contribution in [-0.4, -0.2) is 27.9 Å². The number of H-pyrrole nitrogens is 1. The maximum absolute atomic E-state index is 9.59. The van der Waals surface area contributed by atoms with E-state index in [1.54, 1.807) is 12.4 Å². The highest BCUT2D eigenvalue weighted by Gasteiger charge is 2.26. The van der Waals surface area contributed by atoms with Crippen LogP contribution in [0.1, 0.15) is 27.2 Å². The molecule has 0 amide bonds. The summed E-state index contributed by atoms with van der Waals surface area (Å²) in [7, 11) is -0.895. The number of aromatic amines is 1. The maximum Gasteiger partial charge on any atom is 0.494 e. The lowest BCUT2D eigenvalue weighted by Gasteiger charge is -2.25. The van der Waals surface area contributed by atoms with E-state index in [4.69, 9.17) is 4.65 Å². The van der Waals surface area contributed by atoms with Crippen LogP contribution in [0.15, 0.2) is 12.4 Å². The Hall–Kier alpha value is -0.805. The van der Waals surface area contributed by atoms with Crippen LogP contribution in [0.5, 0.6) is 0 Å². The van der Waals surface area contributed by atoms with Gasteiger partial charge in [-0.05, 0) is 20.3 Å². The molecule has 0 unspecified atom stereocenters. The van der Waals surface area contributed by atoms with Crippen molar-refractivity contribution >= 4 is 12.6 Å². The summed E-state index contributed by atoms with van der Waals surface area (Å²) < 4.78 is 5.43. The zero-order chi connectivity index (χ0) is 9.90. The summed E-state index contributed by atoms with van der Waals surface area (Å²) in [6.07, 6.45) is 4.02. The largest absolute Gasteiger partial charge is 0.494 e. The van der Waals surface area contributed by atoms with Gasteiger partial charge in [-0.1, -0.05) is 6.92 Å². The van der Waals surface area contributed by atoms with Crippen molar-refractivity contribution in [1.82, 2.24) is 10.2 Å². The van der Waals surface area contributed by atoms with E-state index in [1.807, 2.05) is 20.8 Å². The Morgan fingerprint density at radius 2 is 2.38 bits per heavy atom. The number of nitrogens with zero attached hydrogens (tertiary/aromatic N) is 1. The summed E-state index contributed by atoms with van der Waals surface area (Å²) in [6, 6.07) is 0. The molecule has 1 rings (SSSR count). The van der Waals surface area contributed by atoms with Crippen molar-refractivity contribution in [2.75, 3.05) is 0 Å². The minimum Gasteiger partial charge on any atom is -0.423 e. The molecule has 5 heteroatoms. The van der Waals surface area contributed by atoms with Crippen LogP contribution >= 0.6 is 0 Å². The van der Waals surface area contributed by atoms with Gasteiger partial charge in [-0.3, -0.25) is 5.10 Å². The SMILES string of the molecule is CCC(C)(C)OB(O)c1cn[nH]c1. The summed E-state index contributed by atoms with van der Waals surface area (Å²) >= 11 is 0. The van der Waals surface area contributed by atoms with E-state index >= 15 is 0 Å². The Labute approximate surface area is 78.5 Å². The normalized spacial score (nSPS) is 11.7. The van der Waals surface area contributed by atoms with Gasteiger partial charge in [-0.15, -0.1) is 0 Å². The molecule has 1 aromatic heterocycles. The molecule has 0 radical (unpaired) electrons. The Balaban J connectivity index is 2.56. The molecule has 0 saturated carbocycles. The smallest absolute Gasteiger partial charge is 0.423 e.